The van der Waals surface area contributed by atoms with Crippen molar-refractivity contribution in [3.63, 3.8) is 0 Å². The molecule has 3 heterocycles. The molecular weight excluding hydrogens is 390 g/mol. The number of halogens is 2. The summed E-state index contributed by atoms with van der Waals surface area (Å²) < 4.78 is 6.85. The number of hydrogen-bond donors (Lipinski definition) is 1. The van der Waals surface area contributed by atoms with E-state index >= 15 is 0 Å². The number of nitrogen functional groups attached to an aromatic ring is 1. The highest BCUT2D eigenvalue weighted by molar-refractivity contribution is 9.11. The third-order valence-corrected chi connectivity index (χ3v) is 3.52. The van der Waals surface area contributed by atoms with Crippen LogP contribution in [0.5, 0.6) is 0 Å². The monoisotopic (exact) mass is 395 g/mol. The van der Waals surface area contributed by atoms with Gasteiger partial charge in [-0.15, -0.1) is 0 Å². The first kappa shape index (κ1) is 13.2. The fourth-order valence-corrected chi connectivity index (χ4v) is 2.71. The van der Waals surface area contributed by atoms with Crippen LogP contribution in [0.2, 0.25) is 0 Å². The van der Waals surface area contributed by atoms with Gasteiger partial charge in [-0.25, -0.2) is 4.98 Å². The van der Waals surface area contributed by atoms with Crippen LogP contribution >= 0.6 is 31.9 Å². The summed E-state index contributed by atoms with van der Waals surface area (Å²) in [5.74, 6) is 1.20. The van der Waals surface area contributed by atoms with E-state index in [0.717, 1.165) is 8.95 Å². The molecule has 0 atom stereocenters. The number of rotatable bonds is 2. The molecule has 0 radical (unpaired) electrons. The zero-order valence-electron chi connectivity index (χ0n) is 9.92. The summed E-state index contributed by atoms with van der Waals surface area (Å²) >= 11 is 6.76. The Balaban J connectivity index is 1.99. The molecule has 0 unspecified atom stereocenters. The van der Waals surface area contributed by atoms with Crippen molar-refractivity contribution < 1.29 is 4.52 Å². The first-order chi connectivity index (χ1) is 9.63. The number of hydrogen-bond acceptors (Lipinski definition) is 6. The highest BCUT2D eigenvalue weighted by Crippen LogP contribution is 2.28. The highest BCUT2D eigenvalue weighted by atomic mass is 79.9. The lowest BCUT2D eigenvalue weighted by atomic mass is 10.3. The van der Waals surface area contributed by atoms with Crippen LogP contribution in [0.3, 0.4) is 0 Å². The molecule has 20 heavy (non-hydrogen) atoms. The van der Waals surface area contributed by atoms with Gasteiger partial charge in [-0.1, -0.05) is 5.16 Å². The molecule has 8 heteroatoms. The van der Waals surface area contributed by atoms with Crippen LogP contribution < -0.4 is 5.73 Å². The average Bonchev–Trinajstić information content (AvgIpc) is 2.89. The molecule has 6 nitrogen and oxygen atoms in total. The lowest BCUT2D eigenvalue weighted by Gasteiger charge is -1.98. The Morgan fingerprint density at radius 3 is 2.65 bits per heavy atom. The van der Waals surface area contributed by atoms with Gasteiger partial charge in [0, 0.05) is 21.3 Å². The van der Waals surface area contributed by atoms with Crippen molar-refractivity contribution >= 4 is 37.7 Å². The Morgan fingerprint density at radius 1 is 1.10 bits per heavy atom. The number of pyridine rings is 2. The summed E-state index contributed by atoms with van der Waals surface area (Å²) in [6.45, 7) is 0. The smallest absolute Gasteiger partial charge is 0.259 e. The van der Waals surface area contributed by atoms with Crippen LogP contribution in [0, 0.1) is 0 Å². The lowest BCUT2D eigenvalue weighted by molar-refractivity contribution is 0.432. The van der Waals surface area contributed by atoms with Gasteiger partial charge in [-0.05, 0) is 50.1 Å². The molecule has 0 aromatic carbocycles. The number of nitrogens with two attached hydrogens (primary N) is 1. The average molecular weight is 397 g/mol. The quantitative estimate of drug-likeness (QED) is 0.714. The summed E-state index contributed by atoms with van der Waals surface area (Å²) in [5, 5.41) is 3.92. The normalized spacial score (nSPS) is 10.7. The van der Waals surface area contributed by atoms with Crippen molar-refractivity contribution in [2.75, 3.05) is 5.73 Å². The molecule has 0 spiro atoms. The van der Waals surface area contributed by atoms with Crippen LogP contribution in [0.25, 0.3) is 23.0 Å². The third kappa shape index (κ3) is 2.56. The van der Waals surface area contributed by atoms with E-state index < -0.39 is 0 Å². The van der Waals surface area contributed by atoms with Crippen LogP contribution in [0.1, 0.15) is 0 Å². The van der Waals surface area contributed by atoms with E-state index in [0.29, 0.717) is 28.8 Å². The van der Waals surface area contributed by atoms with Gasteiger partial charge in [0.15, 0.2) is 0 Å². The van der Waals surface area contributed by atoms with Gasteiger partial charge in [0.1, 0.15) is 11.5 Å². The van der Waals surface area contributed by atoms with Crippen LogP contribution in [-0.2, 0) is 0 Å². The molecule has 0 aliphatic heterocycles. The minimum absolute atomic E-state index is 0.365. The molecular formula is C12H7Br2N5O. The first-order valence-corrected chi connectivity index (χ1v) is 7.09. The zero-order valence-corrected chi connectivity index (χ0v) is 13.1. The summed E-state index contributed by atoms with van der Waals surface area (Å²) in [6, 6.07) is 5.31. The maximum Gasteiger partial charge on any atom is 0.259 e. The van der Waals surface area contributed by atoms with E-state index in [1.807, 2.05) is 6.07 Å². The lowest BCUT2D eigenvalue weighted by Crippen LogP contribution is -1.89. The summed E-state index contributed by atoms with van der Waals surface area (Å²) in [7, 11) is 0. The Labute approximate surface area is 130 Å². The standard InChI is InChI=1S/C12H7Br2N5O/c13-7-3-8(14)10(17-5-7)11-18-12(20-19-11)6-1-2-9(15)16-4-6/h1-5H,(H2,15,16). The molecule has 3 rings (SSSR count). The van der Waals surface area contributed by atoms with Crippen LogP contribution in [0.15, 0.2) is 44.1 Å². The van der Waals surface area contributed by atoms with Crippen molar-refractivity contribution in [2.24, 2.45) is 0 Å². The topological polar surface area (TPSA) is 90.7 Å². The minimum atomic E-state index is 0.365. The zero-order chi connectivity index (χ0) is 14.1. The summed E-state index contributed by atoms with van der Waals surface area (Å²) in [4.78, 5) is 12.5. The van der Waals surface area contributed by atoms with E-state index in [1.165, 1.54) is 0 Å². The fourth-order valence-electron chi connectivity index (χ4n) is 1.55. The Hall–Kier alpha value is -1.80. The number of aromatic nitrogens is 4. The summed E-state index contributed by atoms with van der Waals surface area (Å²) in [6.07, 6.45) is 3.25. The molecule has 3 aromatic rings. The van der Waals surface area contributed by atoms with Gasteiger partial charge < -0.3 is 10.3 Å². The number of nitrogens with zero attached hydrogens (tertiary/aromatic N) is 4. The van der Waals surface area contributed by atoms with E-state index in [9.17, 15) is 0 Å². The van der Waals surface area contributed by atoms with E-state index in [4.69, 9.17) is 10.3 Å². The van der Waals surface area contributed by atoms with Crippen molar-refractivity contribution in [3.8, 4) is 23.0 Å². The van der Waals surface area contributed by atoms with Crippen molar-refractivity contribution in [1.82, 2.24) is 20.1 Å². The van der Waals surface area contributed by atoms with E-state index in [2.05, 4.69) is 52.0 Å². The minimum Gasteiger partial charge on any atom is -0.384 e. The molecule has 0 saturated heterocycles. The van der Waals surface area contributed by atoms with Gasteiger partial charge in [0.05, 0.1) is 5.56 Å². The van der Waals surface area contributed by atoms with Gasteiger partial charge in [-0.2, -0.15) is 4.98 Å². The van der Waals surface area contributed by atoms with E-state index in [1.54, 1.807) is 24.5 Å². The maximum atomic E-state index is 5.54. The predicted octanol–water partition coefficient (Wildman–Crippen LogP) is 3.30. The van der Waals surface area contributed by atoms with Gasteiger partial charge >= 0.3 is 0 Å². The van der Waals surface area contributed by atoms with Crippen molar-refractivity contribution in [1.29, 1.82) is 0 Å². The molecule has 0 amide bonds. The molecule has 0 fully saturated rings. The van der Waals surface area contributed by atoms with Gasteiger partial charge in [-0.3, -0.25) is 4.98 Å². The SMILES string of the molecule is Nc1ccc(-c2nc(-c3ncc(Br)cc3Br)no2)cn1. The van der Waals surface area contributed by atoms with Crippen LogP contribution in [-0.4, -0.2) is 20.1 Å². The molecule has 0 aliphatic rings. The number of anilines is 1. The fraction of sp³-hybridized carbons (Fsp3) is 0. The second-order valence-electron chi connectivity index (χ2n) is 3.88. The van der Waals surface area contributed by atoms with Crippen molar-refractivity contribution in [2.45, 2.75) is 0 Å². The van der Waals surface area contributed by atoms with E-state index in [-0.39, 0.29) is 0 Å². The molecule has 3 aromatic heterocycles. The molecule has 0 bridgehead atoms. The highest BCUT2D eigenvalue weighted by Gasteiger charge is 2.14. The molecule has 100 valence electrons. The van der Waals surface area contributed by atoms with Crippen molar-refractivity contribution in [3.05, 3.63) is 39.5 Å². The molecule has 2 N–H and O–H groups in total. The Morgan fingerprint density at radius 2 is 1.95 bits per heavy atom. The molecule has 0 saturated carbocycles. The first-order valence-electron chi connectivity index (χ1n) is 5.50. The molecule has 0 aliphatic carbocycles. The van der Waals surface area contributed by atoms with Crippen LogP contribution in [0.4, 0.5) is 5.82 Å². The van der Waals surface area contributed by atoms with Gasteiger partial charge in [0.2, 0.25) is 5.82 Å². The predicted molar refractivity (Wildman–Crippen MR) is 80.6 cm³/mol. The maximum absolute atomic E-state index is 5.54. The largest absolute Gasteiger partial charge is 0.384 e. The van der Waals surface area contributed by atoms with Gasteiger partial charge in [0.25, 0.3) is 5.89 Å². The third-order valence-electron chi connectivity index (χ3n) is 2.48. The summed E-state index contributed by atoms with van der Waals surface area (Å²) in [5.41, 5.74) is 6.84. The Kier molecular flexibility index (Phi) is 3.49. The second kappa shape index (κ2) is 5.29. The second-order valence-corrected chi connectivity index (χ2v) is 5.65. The Bertz CT molecular complexity index is 757.